The van der Waals surface area contributed by atoms with Crippen LogP contribution in [0.1, 0.15) is 11.1 Å². The predicted octanol–water partition coefficient (Wildman–Crippen LogP) is 3.13. The highest BCUT2D eigenvalue weighted by atomic mass is 15.3. The quantitative estimate of drug-likeness (QED) is 0.773. The van der Waals surface area contributed by atoms with E-state index in [0.717, 1.165) is 22.6 Å². The average Bonchev–Trinajstić information content (AvgIpc) is 2.81. The van der Waals surface area contributed by atoms with Crippen LogP contribution in [0.5, 0.6) is 0 Å². The lowest BCUT2D eigenvalue weighted by atomic mass is 10.1. The van der Waals surface area contributed by atoms with Gasteiger partial charge in [-0.05, 0) is 37.6 Å². The number of hydrogen-bond acceptors (Lipinski definition) is 3. The summed E-state index contributed by atoms with van der Waals surface area (Å²) in [4.78, 5) is 4.32. The Kier molecular flexibility index (Phi) is 2.99. The molecule has 100 valence electrons. The molecule has 0 bridgehead atoms. The van der Waals surface area contributed by atoms with Crippen molar-refractivity contribution in [3.05, 3.63) is 59.8 Å². The Morgan fingerprint density at radius 1 is 1.00 bits per heavy atom. The molecule has 1 aromatic carbocycles. The smallest absolute Gasteiger partial charge is 0.155 e. The van der Waals surface area contributed by atoms with Crippen molar-refractivity contribution in [1.82, 2.24) is 14.8 Å². The highest BCUT2D eigenvalue weighted by Gasteiger charge is 2.09. The summed E-state index contributed by atoms with van der Waals surface area (Å²) in [7, 11) is 0. The molecule has 0 amide bonds. The number of aromatic nitrogens is 3. The normalized spacial score (nSPS) is 10.7. The maximum Gasteiger partial charge on any atom is 0.155 e. The number of benzene rings is 1. The first-order chi connectivity index (χ1) is 9.63. The molecule has 0 saturated heterocycles. The summed E-state index contributed by atoms with van der Waals surface area (Å²) in [6, 6.07) is 14.0. The number of anilines is 1. The number of pyridine rings is 1. The topological polar surface area (TPSA) is 56.7 Å². The Hall–Kier alpha value is -2.62. The molecular formula is C16H16N4. The third-order valence-electron chi connectivity index (χ3n) is 3.17. The van der Waals surface area contributed by atoms with Gasteiger partial charge >= 0.3 is 0 Å². The van der Waals surface area contributed by atoms with E-state index in [1.807, 2.05) is 37.3 Å². The Labute approximate surface area is 117 Å². The van der Waals surface area contributed by atoms with Crippen LogP contribution in [0.2, 0.25) is 0 Å². The Morgan fingerprint density at radius 2 is 1.80 bits per heavy atom. The molecule has 20 heavy (non-hydrogen) atoms. The summed E-state index contributed by atoms with van der Waals surface area (Å²) >= 11 is 0. The van der Waals surface area contributed by atoms with Crippen molar-refractivity contribution in [2.24, 2.45) is 0 Å². The minimum atomic E-state index is 0.583. The zero-order chi connectivity index (χ0) is 14.1. The number of rotatable bonds is 2. The molecule has 0 atom stereocenters. The first-order valence-corrected chi connectivity index (χ1v) is 6.49. The van der Waals surface area contributed by atoms with E-state index in [2.05, 4.69) is 29.1 Å². The lowest BCUT2D eigenvalue weighted by Gasteiger charge is -2.03. The van der Waals surface area contributed by atoms with Crippen LogP contribution >= 0.6 is 0 Å². The predicted molar refractivity (Wildman–Crippen MR) is 80.7 cm³/mol. The highest BCUT2D eigenvalue weighted by Crippen LogP contribution is 2.23. The Bertz CT molecular complexity index is 759. The first-order valence-electron chi connectivity index (χ1n) is 6.49. The lowest BCUT2D eigenvalue weighted by molar-refractivity contribution is 0.858. The van der Waals surface area contributed by atoms with Gasteiger partial charge in [0.25, 0.3) is 0 Å². The number of aryl methyl sites for hydroxylation is 2. The van der Waals surface area contributed by atoms with Gasteiger partial charge in [-0.1, -0.05) is 23.8 Å². The molecule has 4 nitrogen and oxygen atoms in total. The van der Waals surface area contributed by atoms with Crippen molar-refractivity contribution in [1.29, 1.82) is 0 Å². The third-order valence-corrected chi connectivity index (χ3v) is 3.17. The molecule has 0 radical (unpaired) electrons. The third kappa shape index (κ3) is 2.28. The van der Waals surface area contributed by atoms with Crippen molar-refractivity contribution in [3.63, 3.8) is 0 Å². The van der Waals surface area contributed by atoms with Crippen LogP contribution in [-0.4, -0.2) is 14.8 Å². The molecule has 2 N–H and O–H groups in total. The minimum absolute atomic E-state index is 0.583. The van der Waals surface area contributed by atoms with Crippen LogP contribution in [0.3, 0.4) is 0 Å². The van der Waals surface area contributed by atoms with Crippen LogP contribution in [0, 0.1) is 13.8 Å². The van der Waals surface area contributed by atoms with Crippen LogP contribution in [0.15, 0.2) is 48.7 Å². The molecule has 0 spiro atoms. The van der Waals surface area contributed by atoms with Gasteiger partial charge in [0.05, 0.1) is 5.69 Å². The van der Waals surface area contributed by atoms with E-state index in [1.54, 1.807) is 10.9 Å². The lowest BCUT2D eigenvalue weighted by Crippen LogP contribution is -2.03. The highest BCUT2D eigenvalue weighted by molar-refractivity contribution is 5.64. The standard InChI is InChI=1S/C16H16N4/c1-11-4-3-5-13(8-11)14-10-15(17)20(19-14)16-9-12(2)6-7-18-16/h3-10H,17H2,1-2H3. The van der Waals surface area contributed by atoms with E-state index in [4.69, 9.17) is 5.73 Å². The molecule has 0 fully saturated rings. The maximum absolute atomic E-state index is 6.06. The van der Waals surface area contributed by atoms with Gasteiger partial charge in [-0.3, -0.25) is 0 Å². The van der Waals surface area contributed by atoms with Crippen LogP contribution < -0.4 is 5.73 Å². The largest absolute Gasteiger partial charge is 0.384 e. The van der Waals surface area contributed by atoms with Crippen molar-refractivity contribution >= 4 is 5.82 Å². The molecular weight excluding hydrogens is 248 g/mol. The molecule has 0 aliphatic rings. The van der Waals surface area contributed by atoms with Gasteiger partial charge in [0.15, 0.2) is 5.82 Å². The second-order valence-electron chi connectivity index (χ2n) is 4.93. The van der Waals surface area contributed by atoms with Gasteiger partial charge in [0.2, 0.25) is 0 Å². The van der Waals surface area contributed by atoms with Crippen molar-refractivity contribution in [2.75, 3.05) is 5.73 Å². The van der Waals surface area contributed by atoms with E-state index >= 15 is 0 Å². The molecule has 0 unspecified atom stereocenters. The minimum Gasteiger partial charge on any atom is -0.384 e. The zero-order valence-corrected chi connectivity index (χ0v) is 11.5. The van der Waals surface area contributed by atoms with Crippen LogP contribution in [0.4, 0.5) is 5.82 Å². The monoisotopic (exact) mass is 264 g/mol. The van der Waals surface area contributed by atoms with Crippen LogP contribution in [-0.2, 0) is 0 Å². The maximum atomic E-state index is 6.06. The van der Waals surface area contributed by atoms with E-state index in [9.17, 15) is 0 Å². The molecule has 0 saturated carbocycles. The summed E-state index contributed by atoms with van der Waals surface area (Å²) in [6.07, 6.45) is 1.76. The van der Waals surface area contributed by atoms with Crippen LogP contribution in [0.25, 0.3) is 17.1 Å². The molecule has 0 aliphatic carbocycles. The van der Waals surface area contributed by atoms with Gasteiger partial charge in [-0.25, -0.2) is 4.98 Å². The summed E-state index contributed by atoms with van der Waals surface area (Å²) in [5.74, 6) is 1.32. The molecule has 3 aromatic rings. The van der Waals surface area contributed by atoms with Crippen molar-refractivity contribution in [3.8, 4) is 17.1 Å². The van der Waals surface area contributed by atoms with E-state index in [-0.39, 0.29) is 0 Å². The molecule has 3 rings (SSSR count). The van der Waals surface area contributed by atoms with Gasteiger partial charge in [0, 0.05) is 17.8 Å². The fraction of sp³-hybridized carbons (Fsp3) is 0.125. The summed E-state index contributed by atoms with van der Waals surface area (Å²) < 4.78 is 1.67. The van der Waals surface area contributed by atoms with E-state index in [0.29, 0.717) is 5.82 Å². The SMILES string of the molecule is Cc1cccc(-c2cc(N)n(-c3cc(C)ccn3)n2)c1. The summed E-state index contributed by atoms with van der Waals surface area (Å²) in [6.45, 7) is 4.08. The fourth-order valence-electron chi connectivity index (χ4n) is 2.16. The second-order valence-corrected chi connectivity index (χ2v) is 4.93. The van der Waals surface area contributed by atoms with Crippen molar-refractivity contribution < 1.29 is 0 Å². The second kappa shape index (κ2) is 4.81. The molecule has 0 aliphatic heterocycles. The zero-order valence-electron chi connectivity index (χ0n) is 11.5. The summed E-state index contributed by atoms with van der Waals surface area (Å²) in [5.41, 5.74) is 10.3. The van der Waals surface area contributed by atoms with Gasteiger partial charge < -0.3 is 5.73 Å². The Balaban J connectivity index is 2.08. The van der Waals surface area contributed by atoms with Gasteiger partial charge in [0.1, 0.15) is 5.82 Å². The van der Waals surface area contributed by atoms with Gasteiger partial charge in [-0.15, -0.1) is 0 Å². The van der Waals surface area contributed by atoms with Gasteiger partial charge in [-0.2, -0.15) is 9.78 Å². The number of nitrogen functional groups attached to an aromatic ring is 1. The molecule has 2 heterocycles. The number of nitrogens with two attached hydrogens (primary N) is 1. The van der Waals surface area contributed by atoms with E-state index in [1.165, 1.54) is 5.56 Å². The van der Waals surface area contributed by atoms with Crippen molar-refractivity contribution in [2.45, 2.75) is 13.8 Å². The average molecular weight is 264 g/mol. The number of hydrogen-bond donors (Lipinski definition) is 1. The molecule has 2 aromatic heterocycles. The van der Waals surface area contributed by atoms with E-state index < -0.39 is 0 Å². The fourth-order valence-corrected chi connectivity index (χ4v) is 2.16. The Morgan fingerprint density at radius 3 is 2.55 bits per heavy atom. The molecule has 4 heteroatoms. The first kappa shape index (κ1) is 12.4. The summed E-state index contributed by atoms with van der Waals surface area (Å²) in [5, 5.41) is 4.56. The number of nitrogens with zero attached hydrogens (tertiary/aromatic N) is 3.